The van der Waals surface area contributed by atoms with Crippen molar-refractivity contribution in [3.63, 3.8) is 0 Å². The first kappa shape index (κ1) is 19.4. The minimum absolute atomic E-state index is 0.00329. The molecule has 1 atom stereocenters. The smallest absolute Gasteiger partial charge is 0.329 e. The van der Waals surface area contributed by atoms with Crippen LogP contribution in [-0.4, -0.2) is 16.0 Å². The number of halogens is 5. The fraction of sp³-hybridized carbons (Fsp3) is 0.211. The summed E-state index contributed by atoms with van der Waals surface area (Å²) in [6, 6.07) is 10.2. The lowest BCUT2D eigenvalue weighted by atomic mass is 10.0. The topological polar surface area (TPSA) is 59.2 Å². The molecule has 1 saturated heterocycles. The monoisotopic (exact) mass is 425 g/mol. The summed E-state index contributed by atoms with van der Waals surface area (Å²) in [7, 11) is 0. The normalized spacial score (nSPS) is 17.2. The second-order valence-corrected chi connectivity index (χ2v) is 6.90. The van der Waals surface area contributed by atoms with Crippen molar-refractivity contribution in [3.8, 4) is 11.4 Å². The molecular weight excluding hydrogens is 414 g/mol. The summed E-state index contributed by atoms with van der Waals surface area (Å²) in [5.74, 6) is -2.97. The maximum Gasteiger partial charge on any atom is 0.471 e. The molecule has 2 heterocycles. The van der Waals surface area contributed by atoms with Gasteiger partial charge < -0.3 is 9.42 Å². The van der Waals surface area contributed by atoms with Crippen LogP contribution in [0.2, 0.25) is 5.02 Å². The van der Waals surface area contributed by atoms with Crippen molar-refractivity contribution < 1.29 is 26.9 Å². The number of benzene rings is 2. The van der Waals surface area contributed by atoms with E-state index in [1.54, 1.807) is 24.3 Å². The van der Waals surface area contributed by atoms with Gasteiger partial charge in [0.1, 0.15) is 5.82 Å². The van der Waals surface area contributed by atoms with Gasteiger partial charge >= 0.3 is 12.1 Å². The van der Waals surface area contributed by atoms with Crippen molar-refractivity contribution >= 4 is 23.2 Å². The molecule has 0 radical (unpaired) electrons. The second kappa shape index (κ2) is 7.14. The fourth-order valence-corrected chi connectivity index (χ4v) is 3.51. The summed E-state index contributed by atoms with van der Waals surface area (Å²) in [4.78, 5) is 17.0. The SMILES string of the molecule is O=C1CCC(c2cccc(Cl)c2)N1c1ccc(-c2noc(C(F)(F)F)n2)cc1F. The van der Waals surface area contributed by atoms with E-state index in [1.807, 2.05) is 0 Å². The molecule has 1 aliphatic heterocycles. The molecule has 5 nitrogen and oxygen atoms in total. The second-order valence-electron chi connectivity index (χ2n) is 6.46. The van der Waals surface area contributed by atoms with Crippen LogP contribution >= 0.6 is 11.6 Å². The highest BCUT2D eigenvalue weighted by atomic mass is 35.5. The van der Waals surface area contributed by atoms with Gasteiger partial charge in [-0.2, -0.15) is 18.2 Å². The van der Waals surface area contributed by atoms with Crippen LogP contribution in [0.25, 0.3) is 11.4 Å². The molecule has 1 amide bonds. The first-order valence-corrected chi connectivity index (χ1v) is 8.90. The van der Waals surface area contributed by atoms with Gasteiger partial charge in [-0.05, 0) is 42.3 Å². The maximum atomic E-state index is 14.8. The summed E-state index contributed by atoms with van der Waals surface area (Å²) in [5.41, 5.74) is 0.775. The van der Waals surface area contributed by atoms with Crippen molar-refractivity contribution in [3.05, 3.63) is 64.8 Å². The number of amides is 1. The molecule has 1 fully saturated rings. The third-order valence-corrected chi connectivity index (χ3v) is 4.81. The lowest BCUT2D eigenvalue weighted by Crippen LogP contribution is -2.28. The van der Waals surface area contributed by atoms with Gasteiger partial charge in [-0.1, -0.05) is 28.9 Å². The van der Waals surface area contributed by atoms with E-state index in [-0.39, 0.29) is 23.6 Å². The van der Waals surface area contributed by atoms with Gasteiger partial charge in [-0.25, -0.2) is 4.39 Å². The summed E-state index contributed by atoms with van der Waals surface area (Å²) >= 11 is 6.03. The average molecular weight is 426 g/mol. The molecule has 150 valence electrons. The van der Waals surface area contributed by atoms with Crippen molar-refractivity contribution in [2.24, 2.45) is 0 Å². The highest BCUT2D eigenvalue weighted by Crippen LogP contribution is 2.39. The Morgan fingerprint density at radius 2 is 1.97 bits per heavy atom. The molecular formula is C19H12ClF4N3O2. The number of alkyl halides is 3. The van der Waals surface area contributed by atoms with Crippen LogP contribution in [0.1, 0.15) is 30.3 Å². The molecule has 1 aromatic heterocycles. The van der Waals surface area contributed by atoms with E-state index in [4.69, 9.17) is 11.6 Å². The van der Waals surface area contributed by atoms with Crippen molar-refractivity contribution in [1.82, 2.24) is 10.1 Å². The summed E-state index contributed by atoms with van der Waals surface area (Å²) in [6.45, 7) is 0. The van der Waals surface area contributed by atoms with Crippen LogP contribution < -0.4 is 4.90 Å². The minimum atomic E-state index is -4.80. The van der Waals surface area contributed by atoms with Crippen LogP contribution in [0.15, 0.2) is 47.0 Å². The van der Waals surface area contributed by atoms with E-state index in [0.29, 0.717) is 11.4 Å². The molecule has 4 rings (SSSR count). The Morgan fingerprint density at radius 1 is 1.17 bits per heavy atom. The Balaban J connectivity index is 1.68. The molecule has 0 saturated carbocycles. The predicted octanol–water partition coefficient (Wildman–Crippen LogP) is 5.42. The third-order valence-electron chi connectivity index (χ3n) is 4.58. The number of anilines is 1. The number of nitrogens with zero attached hydrogens (tertiary/aromatic N) is 3. The molecule has 10 heteroatoms. The quantitative estimate of drug-likeness (QED) is 0.526. The van der Waals surface area contributed by atoms with E-state index in [1.165, 1.54) is 17.0 Å². The van der Waals surface area contributed by atoms with Gasteiger partial charge in [-0.3, -0.25) is 4.79 Å². The van der Waals surface area contributed by atoms with Gasteiger partial charge in [0.05, 0.1) is 11.7 Å². The molecule has 1 aliphatic rings. The van der Waals surface area contributed by atoms with E-state index in [0.717, 1.165) is 11.6 Å². The number of carbonyl (C=O) groups excluding carboxylic acids is 1. The first-order chi connectivity index (χ1) is 13.7. The fourth-order valence-electron chi connectivity index (χ4n) is 3.31. The Labute approximate surface area is 166 Å². The standard InChI is InChI=1S/C19H12ClF4N3O2/c20-12-3-1-2-10(8-12)14-6-7-16(28)27(14)15-5-4-11(9-13(15)21)17-25-18(29-26-17)19(22,23)24/h1-5,8-9,14H,6-7H2. The molecule has 0 spiro atoms. The number of hydrogen-bond donors (Lipinski definition) is 0. The van der Waals surface area contributed by atoms with Crippen LogP contribution in [0.3, 0.4) is 0 Å². The van der Waals surface area contributed by atoms with Crippen LogP contribution in [-0.2, 0) is 11.0 Å². The number of hydrogen-bond acceptors (Lipinski definition) is 4. The average Bonchev–Trinajstić information content (AvgIpc) is 3.29. The lowest BCUT2D eigenvalue weighted by molar-refractivity contribution is -0.159. The Hall–Kier alpha value is -2.94. The van der Waals surface area contributed by atoms with Crippen LogP contribution in [0, 0.1) is 5.82 Å². The highest BCUT2D eigenvalue weighted by Gasteiger charge is 2.39. The summed E-state index contributed by atoms with van der Waals surface area (Å²) < 4.78 is 56.9. The molecule has 2 aromatic carbocycles. The molecule has 0 N–H and O–H groups in total. The largest absolute Gasteiger partial charge is 0.471 e. The Kier molecular flexibility index (Phi) is 4.77. The van der Waals surface area contributed by atoms with Gasteiger partial charge in [-0.15, -0.1) is 0 Å². The lowest BCUT2D eigenvalue weighted by Gasteiger charge is -2.26. The third kappa shape index (κ3) is 3.69. The van der Waals surface area contributed by atoms with Crippen LogP contribution in [0.5, 0.6) is 0 Å². The summed E-state index contributed by atoms with van der Waals surface area (Å²) in [6.07, 6.45) is -4.08. The van der Waals surface area contributed by atoms with Gasteiger partial charge in [0.2, 0.25) is 11.7 Å². The first-order valence-electron chi connectivity index (χ1n) is 8.52. The molecule has 3 aromatic rings. The van der Waals surface area contributed by atoms with Crippen molar-refractivity contribution in [1.29, 1.82) is 0 Å². The van der Waals surface area contributed by atoms with Crippen molar-refractivity contribution in [2.45, 2.75) is 25.1 Å². The molecule has 29 heavy (non-hydrogen) atoms. The van der Waals surface area contributed by atoms with E-state index >= 15 is 0 Å². The Bertz CT molecular complexity index is 1080. The number of aromatic nitrogens is 2. The number of carbonyl (C=O) groups is 1. The highest BCUT2D eigenvalue weighted by molar-refractivity contribution is 6.30. The zero-order valence-corrected chi connectivity index (χ0v) is 15.3. The zero-order chi connectivity index (χ0) is 20.8. The molecule has 0 bridgehead atoms. The van der Waals surface area contributed by atoms with Gasteiger partial charge in [0, 0.05) is 17.0 Å². The summed E-state index contributed by atoms with van der Waals surface area (Å²) in [5, 5.41) is 3.74. The molecule has 0 aliphatic carbocycles. The molecule has 1 unspecified atom stereocenters. The zero-order valence-electron chi connectivity index (χ0n) is 14.6. The predicted molar refractivity (Wildman–Crippen MR) is 95.6 cm³/mol. The van der Waals surface area contributed by atoms with Crippen molar-refractivity contribution in [2.75, 3.05) is 4.90 Å². The minimum Gasteiger partial charge on any atom is -0.329 e. The van der Waals surface area contributed by atoms with E-state index < -0.39 is 29.8 Å². The van der Waals surface area contributed by atoms with Crippen LogP contribution in [0.4, 0.5) is 23.2 Å². The van der Waals surface area contributed by atoms with E-state index in [2.05, 4.69) is 14.7 Å². The maximum absolute atomic E-state index is 14.8. The van der Waals surface area contributed by atoms with E-state index in [9.17, 15) is 22.4 Å². The Morgan fingerprint density at radius 3 is 2.62 bits per heavy atom. The number of rotatable bonds is 3. The van der Waals surface area contributed by atoms with Gasteiger partial charge in [0.15, 0.2) is 0 Å². The van der Waals surface area contributed by atoms with Gasteiger partial charge in [0.25, 0.3) is 0 Å².